The third-order valence-corrected chi connectivity index (χ3v) is 8.02. The molecule has 2 aromatic carbocycles. The van der Waals surface area contributed by atoms with Crippen molar-refractivity contribution >= 4 is 57.3 Å². The number of ether oxygens (including phenoxy) is 1. The highest BCUT2D eigenvalue weighted by Gasteiger charge is 2.34. The van der Waals surface area contributed by atoms with E-state index in [1.165, 1.54) is 35.7 Å². The van der Waals surface area contributed by atoms with Gasteiger partial charge in [0.05, 0.1) is 28.7 Å². The summed E-state index contributed by atoms with van der Waals surface area (Å²) < 4.78 is 47.1. The minimum Gasteiger partial charge on any atom is -0.375 e. The molecule has 3 heterocycles. The molecular formula is C27H25ClF3N5O3S. The lowest BCUT2D eigenvalue weighted by Crippen LogP contribution is -2.55. The van der Waals surface area contributed by atoms with Crippen molar-refractivity contribution in [3.05, 3.63) is 69.2 Å². The van der Waals surface area contributed by atoms with Crippen LogP contribution in [0.5, 0.6) is 0 Å². The number of halogens is 4. The topological polar surface area (TPSA) is 80.0 Å². The summed E-state index contributed by atoms with van der Waals surface area (Å²) >= 11 is 7.08. The van der Waals surface area contributed by atoms with Crippen LogP contribution in [0.1, 0.15) is 23.6 Å². The number of carbonyl (C=O) groups is 2. The van der Waals surface area contributed by atoms with Crippen molar-refractivity contribution in [1.29, 1.82) is 0 Å². The predicted molar refractivity (Wildman–Crippen MR) is 148 cm³/mol. The molecule has 0 unspecified atom stereocenters. The molecule has 13 heteroatoms. The Morgan fingerprint density at radius 1 is 1.23 bits per heavy atom. The average molecular weight is 592 g/mol. The zero-order valence-corrected chi connectivity index (χ0v) is 23.2. The molecule has 40 heavy (non-hydrogen) atoms. The van der Waals surface area contributed by atoms with Crippen molar-refractivity contribution < 1.29 is 27.5 Å². The van der Waals surface area contributed by atoms with E-state index in [9.17, 15) is 22.8 Å². The number of rotatable bonds is 5. The molecule has 1 atom stereocenters. The highest BCUT2D eigenvalue weighted by Crippen LogP contribution is 2.35. The minimum atomic E-state index is -4.54. The molecule has 1 saturated heterocycles. The summed E-state index contributed by atoms with van der Waals surface area (Å²) in [6, 6.07) is 9.06. The number of benzene rings is 2. The van der Waals surface area contributed by atoms with Gasteiger partial charge >= 0.3 is 6.18 Å². The lowest BCUT2D eigenvalue weighted by atomic mass is 10.1. The largest absolute Gasteiger partial charge is 0.416 e. The van der Waals surface area contributed by atoms with Gasteiger partial charge in [-0.15, -0.1) is 0 Å². The maximum absolute atomic E-state index is 13.5. The van der Waals surface area contributed by atoms with Gasteiger partial charge in [-0.25, -0.2) is 0 Å². The summed E-state index contributed by atoms with van der Waals surface area (Å²) in [6.07, 6.45) is -1.22. The van der Waals surface area contributed by atoms with Gasteiger partial charge in [0.2, 0.25) is 5.91 Å². The van der Waals surface area contributed by atoms with Crippen molar-refractivity contribution in [3.8, 4) is 0 Å². The minimum absolute atomic E-state index is 0.0134. The number of amides is 2. The van der Waals surface area contributed by atoms with Crippen molar-refractivity contribution in [3.63, 3.8) is 0 Å². The molecule has 3 aromatic rings. The quantitative estimate of drug-likeness (QED) is 0.393. The van der Waals surface area contributed by atoms with Crippen LogP contribution < -0.4 is 0 Å². The number of methoxy groups -OCH3 is 1. The Morgan fingerprint density at radius 2 is 2.02 bits per heavy atom. The molecule has 1 aromatic heterocycles. The molecule has 2 aliphatic heterocycles. The Balaban J connectivity index is 1.30. The number of amidine groups is 1. The van der Waals surface area contributed by atoms with E-state index in [1.807, 2.05) is 17.9 Å². The van der Waals surface area contributed by atoms with Crippen LogP contribution in [-0.4, -0.2) is 76.0 Å². The molecule has 0 radical (unpaired) electrons. The first-order valence-electron chi connectivity index (χ1n) is 12.4. The zero-order valence-electron chi connectivity index (χ0n) is 21.6. The Labute approximate surface area is 237 Å². The summed E-state index contributed by atoms with van der Waals surface area (Å²) in [4.78, 5) is 33.3. The molecule has 0 N–H and O–H groups in total. The second-order valence-corrected chi connectivity index (χ2v) is 11.0. The van der Waals surface area contributed by atoms with Crippen LogP contribution in [0.15, 0.2) is 52.5 Å². The third kappa shape index (κ3) is 5.89. The van der Waals surface area contributed by atoms with E-state index in [-0.39, 0.29) is 41.6 Å². The van der Waals surface area contributed by atoms with Gasteiger partial charge in [0.1, 0.15) is 6.61 Å². The van der Waals surface area contributed by atoms with Gasteiger partial charge in [0.25, 0.3) is 5.91 Å². The maximum atomic E-state index is 13.5. The first kappa shape index (κ1) is 28.2. The van der Waals surface area contributed by atoms with Crippen molar-refractivity contribution in [2.75, 3.05) is 33.4 Å². The number of nitrogens with zero attached hydrogens (tertiary/aromatic N) is 5. The molecule has 0 bridgehead atoms. The molecule has 210 valence electrons. The van der Waals surface area contributed by atoms with Gasteiger partial charge in [-0.3, -0.25) is 14.3 Å². The van der Waals surface area contributed by atoms with Gasteiger partial charge in [-0.05, 0) is 60.2 Å². The van der Waals surface area contributed by atoms with E-state index in [0.29, 0.717) is 35.2 Å². The Kier molecular flexibility index (Phi) is 7.94. The molecule has 2 amide bonds. The SMILES string of the molecule is COCC(=O)N1CCN(C2=NC(=O)C(=Cc3ccc4c(cnn4Cc4ccc(Cl)cc4C(F)(F)F)c3)S2)[C@H](C)C1. The fraction of sp³-hybridized carbons (Fsp3) is 0.333. The number of aliphatic imine (C=N–C) groups is 1. The van der Waals surface area contributed by atoms with Gasteiger partial charge in [0.15, 0.2) is 5.17 Å². The Morgan fingerprint density at radius 3 is 2.75 bits per heavy atom. The van der Waals surface area contributed by atoms with Crippen molar-refractivity contribution in [1.82, 2.24) is 19.6 Å². The van der Waals surface area contributed by atoms with E-state index in [4.69, 9.17) is 16.3 Å². The second-order valence-electron chi connectivity index (χ2n) is 9.55. The lowest BCUT2D eigenvalue weighted by molar-refractivity contribution is -0.138. The van der Waals surface area contributed by atoms with Gasteiger partial charge in [-0.2, -0.15) is 23.3 Å². The van der Waals surface area contributed by atoms with Crippen LogP contribution >= 0.6 is 23.4 Å². The molecular weight excluding hydrogens is 567 g/mol. The van der Waals surface area contributed by atoms with E-state index >= 15 is 0 Å². The number of aromatic nitrogens is 2. The fourth-order valence-corrected chi connectivity index (χ4v) is 6.00. The summed E-state index contributed by atoms with van der Waals surface area (Å²) in [6.45, 7) is 3.51. The fourth-order valence-electron chi connectivity index (χ4n) is 4.79. The van der Waals surface area contributed by atoms with Crippen LogP contribution in [0.4, 0.5) is 13.2 Å². The van der Waals surface area contributed by atoms with Crippen LogP contribution in [0.2, 0.25) is 5.02 Å². The molecule has 8 nitrogen and oxygen atoms in total. The van der Waals surface area contributed by atoms with Crippen LogP contribution in [0.3, 0.4) is 0 Å². The normalized spacial score (nSPS) is 19.1. The highest BCUT2D eigenvalue weighted by atomic mass is 35.5. The van der Waals surface area contributed by atoms with Crippen LogP contribution in [-0.2, 0) is 27.0 Å². The number of thioether (sulfide) groups is 1. The Bertz CT molecular complexity index is 1540. The standard InChI is InChI=1S/C27H25ClF3N5O3S/c1-16-13-34(24(37)15-39-2)7-8-35(16)26-33-25(38)23(40-26)10-17-3-6-22-19(9-17)12-32-36(22)14-18-4-5-20(28)11-21(18)27(29,30)31/h3-6,9-12,16H,7-8,13-15H2,1-2H3/t16-/m1/s1. The molecule has 0 spiro atoms. The van der Waals surface area contributed by atoms with Gasteiger partial charge in [-0.1, -0.05) is 23.7 Å². The monoisotopic (exact) mass is 591 g/mol. The number of hydrogen-bond acceptors (Lipinski definition) is 6. The molecule has 2 aliphatic rings. The van der Waals surface area contributed by atoms with Gasteiger partial charge < -0.3 is 14.5 Å². The second kappa shape index (κ2) is 11.3. The predicted octanol–water partition coefficient (Wildman–Crippen LogP) is 4.91. The smallest absolute Gasteiger partial charge is 0.375 e. The first-order chi connectivity index (χ1) is 19.0. The van der Waals surface area contributed by atoms with E-state index in [1.54, 1.807) is 29.3 Å². The van der Waals surface area contributed by atoms with E-state index in [0.717, 1.165) is 17.0 Å². The summed E-state index contributed by atoms with van der Waals surface area (Å²) in [5, 5.41) is 5.63. The number of carbonyl (C=O) groups excluding carboxylic acids is 2. The summed E-state index contributed by atoms with van der Waals surface area (Å²) in [5.74, 6) is -0.414. The Hall–Kier alpha value is -3.35. The highest BCUT2D eigenvalue weighted by molar-refractivity contribution is 8.18. The number of piperazine rings is 1. The number of fused-ring (bicyclic) bond motifs is 1. The number of alkyl halides is 3. The molecule has 0 aliphatic carbocycles. The zero-order chi connectivity index (χ0) is 28.6. The summed E-state index contributed by atoms with van der Waals surface area (Å²) in [5.41, 5.74) is 0.658. The lowest BCUT2D eigenvalue weighted by Gasteiger charge is -2.40. The van der Waals surface area contributed by atoms with Gasteiger partial charge in [0, 0.05) is 43.2 Å². The maximum Gasteiger partial charge on any atom is 0.416 e. The third-order valence-electron chi connectivity index (χ3n) is 6.76. The number of hydrogen-bond donors (Lipinski definition) is 0. The first-order valence-corrected chi connectivity index (χ1v) is 13.6. The summed E-state index contributed by atoms with van der Waals surface area (Å²) in [7, 11) is 1.49. The van der Waals surface area contributed by atoms with Crippen molar-refractivity contribution in [2.24, 2.45) is 4.99 Å². The van der Waals surface area contributed by atoms with E-state index < -0.39 is 11.7 Å². The molecule has 0 saturated carbocycles. The molecule has 5 rings (SSSR count). The average Bonchev–Trinajstić information content (AvgIpc) is 3.47. The van der Waals surface area contributed by atoms with E-state index in [2.05, 4.69) is 10.1 Å². The van der Waals surface area contributed by atoms with Crippen LogP contribution in [0.25, 0.3) is 17.0 Å². The van der Waals surface area contributed by atoms with Crippen LogP contribution in [0, 0.1) is 0 Å². The molecule has 1 fully saturated rings. The van der Waals surface area contributed by atoms with Crippen molar-refractivity contribution in [2.45, 2.75) is 25.7 Å².